The molecule has 0 unspecified atom stereocenters. The fraction of sp³-hybridized carbons (Fsp3) is 0.0690. The molecule has 1 heterocycles. The van der Waals surface area contributed by atoms with Crippen LogP contribution in [0.3, 0.4) is 0 Å². The molecule has 0 saturated carbocycles. The minimum Gasteiger partial charge on any atom is -0.508 e. The molecule has 0 aliphatic rings. The quantitative estimate of drug-likeness (QED) is 0.183. The summed E-state index contributed by atoms with van der Waals surface area (Å²) in [5, 5.41) is 15.7. The van der Waals surface area contributed by atoms with Crippen molar-refractivity contribution in [2.45, 2.75) is 4.90 Å². The van der Waals surface area contributed by atoms with Crippen molar-refractivity contribution in [1.82, 2.24) is 9.97 Å². The first kappa shape index (κ1) is 27.2. The number of nitrogens with zero attached hydrogens (tertiary/aromatic N) is 2. The summed E-state index contributed by atoms with van der Waals surface area (Å²) in [6.45, 7) is -0.249. The largest absolute Gasteiger partial charge is 0.508 e. The van der Waals surface area contributed by atoms with Gasteiger partial charge in [-0.25, -0.2) is 18.4 Å². The Hall–Kier alpha value is -5.36. The zero-order valence-corrected chi connectivity index (χ0v) is 22.6. The first-order valence-corrected chi connectivity index (χ1v) is 13.8. The first-order chi connectivity index (χ1) is 19.8. The number of fused-ring (bicyclic) bond motifs is 1. The second-order valence-electron chi connectivity index (χ2n) is 8.74. The summed E-state index contributed by atoms with van der Waals surface area (Å²) in [7, 11) is -2.72. The molecule has 0 spiro atoms. The summed E-state index contributed by atoms with van der Waals surface area (Å²) < 4.78 is 40.0. The minimum atomic E-state index is -4.18. The predicted molar refractivity (Wildman–Crippen MR) is 155 cm³/mol. The van der Waals surface area contributed by atoms with Gasteiger partial charge in [-0.3, -0.25) is 9.52 Å². The highest BCUT2D eigenvalue weighted by Crippen LogP contribution is 2.31. The molecule has 4 N–H and O–H groups in total. The maximum atomic E-state index is 13.4. The van der Waals surface area contributed by atoms with Gasteiger partial charge in [0.05, 0.1) is 23.0 Å². The molecular weight excluding hydrogens is 546 g/mol. The van der Waals surface area contributed by atoms with Gasteiger partial charge in [-0.05, 0) is 42.5 Å². The molecule has 0 saturated heterocycles. The van der Waals surface area contributed by atoms with Crippen LogP contribution in [0.5, 0.6) is 17.2 Å². The Bertz CT molecular complexity index is 1820. The number of para-hydroxylation sites is 3. The topological polar surface area (TPSA) is 152 Å². The summed E-state index contributed by atoms with van der Waals surface area (Å²) in [5.41, 5.74) is 1.65. The lowest BCUT2D eigenvalue weighted by molar-refractivity contribution is -0.118. The van der Waals surface area contributed by atoms with Crippen LogP contribution in [0.15, 0.2) is 102 Å². The molecule has 0 radical (unpaired) electrons. The molecule has 0 atom stereocenters. The van der Waals surface area contributed by atoms with Gasteiger partial charge in [0.2, 0.25) is 0 Å². The van der Waals surface area contributed by atoms with E-state index < -0.39 is 15.9 Å². The number of phenols is 1. The molecule has 4 aromatic carbocycles. The number of anilines is 4. The number of hydrogen-bond acceptors (Lipinski definition) is 9. The third-order valence-corrected chi connectivity index (χ3v) is 7.07. The lowest BCUT2D eigenvalue weighted by Crippen LogP contribution is -2.20. The molecule has 12 heteroatoms. The number of sulfonamides is 1. The molecule has 0 aliphatic heterocycles. The fourth-order valence-electron chi connectivity index (χ4n) is 3.86. The van der Waals surface area contributed by atoms with Gasteiger partial charge in [0, 0.05) is 29.6 Å². The van der Waals surface area contributed by atoms with E-state index in [0.29, 0.717) is 28.2 Å². The number of ether oxygens (including phenoxy) is 2. The van der Waals surface area contributed by atoms with Crippen molar-refractivity contribution in [3.8, 4) is 17.2 Å². The van der Waals surface area contributed by atoms with Crippen molar-refractivity contribution in [3.63, 3.8) is 0 Å². The van der Waals surface area contributed by atoms with E-state index in [2.05, 4.69) is 25.3 Å². The van der Waals surface area contributed by atoms with Crippen molar-refractivity contribution in [1.29, 1.82) is 0 Å². The number of nitrogens with one attached hydrogen (secondary N) is 3. The zero-order chi connectivity index (χ0) is 28.8. The second-order valence-corrected chi connectivity index (χ2v) is 10.4. The van der Waals surface area contributed by atoms with Crippen LogP contribution in [-0.4, -0.2) is 43.1 Å². The van der Waals surface area contributed by atoms with Crippen LogP contribution in [0.25, 0.3) is 11.0 Å². The Balaban J connectivity index is 1.39. The lowest BCUT2D eigenvalue weighted by atomic mass is 10.2. The van der Waals surface area contributed by atoms with Gasteiger partial charge in [-0.1, -0.05) is 36.4 Å². The Morgan fingerprint density at radius 1 is 0.805 bits per heavy atom. The average molecular weight is 572 g/mol. The maximum absolute atomic E-state index is 13.4. The van der Waals surface area contributed by atoms with Crippen LogP contribution in [0, 0.1) is 0 Å². The van der Waals surface area contributed by atoms with E-state index >= 15 is 0 Å². The Labute approximate surface area is 235 Å². The van der Waals surface area contributed by atoms with Crippen LogP contribution in [0.1, 0.15) is 0 Å². The van der Waals surface area contributed by atoms with Gasteiger partial charge < -0.3 is 25.2 Å². The van der Waals surface area contributed by atoms with Crippen molar-refractivity contribution < 1.29 is 27.8 Å². The van der Waals surface area contributed by atoms with Crippen LogP contribution in [-0.2, 0) is 14.8 Å². The monoisotopic (exact) mass is 571 g/mol. The van der Waals surface area contributed by atoms with E-state index in [4.69, 9.17) is 9.47 Å². The molecule has 1 amide bonds. The van der Waals surface area contributed by atoms with E-state index in [0.717, 1.165) is 0 Å². The highest BCUT2D eigenvalue weighted by molar-refractivity contribution is 7.92. The molecular formula is C29H25N5O6S. The third-order valence-electron chi connectivity index (χ3n) is 5.73. The number of aromatic hydroxyl groups is 1. The standard InChI is InChI=1S/C29H25N5O6S/c1-39-23-15-20(14-21(35)17-23)31-28-29(33-26-13-6-5-12-25(26)32-28)34-41(37,38)24-11-7-8-19(16-24)30-27(36)18-40-22-9-3-2-4-10-22/h2-17,35H,18H2,1H3,(H,30,36)(H,31,32)(H,33,34). The molecule has 11 nitrogen and oxygen atoms in total. The smallest absolute Gasteiger partial charge is 0.263 e. The number of hydrogen-bond donors (Lipinski definition) is 4. The lowest BCUT2D eigenvalue weighted by Gasteiger charge is -2.15. The maximum Gasteiger partial charge on any atom is 0.263 e. The van der Waals surface area contributed by atoms with Gasteiger partial charge in [-0.2, -0.15) is 0 Å². The van der Waals surface area contributed by atoms with Crippen LogP contribution >= 0.6 is 0 Å². The molecule has 5 aromatic rings. The average Bonchev–Trinajstić information content (AvgIpc) is 2.96. The van der Waals surface area contributed by atoms with Gasteiger partial charge in [0.15, 0.2) is 18.2 Å². The molecule has 1 aromatic heterocycles. The first-order valence-electron chi connectivity index (χ1n) is 12.3. The number of aromatic nitrogens is 2. The Morgan fingerprint density at radius 2 is 1.51 bits per heavy atom. The Morgan fingerprint density at radius 3 is 2.24 bits per heavy atom. The van der Waals surface area contributed by atoms with E-state index in [1.807, 2.05) is 6.07 Å². The fourth-order valence-corrected chi connectivity index (χ4v) is 4.91. The van der Waals surface area contributed by atoms with Crippen molar-refractivity contribution in [2.75, 3.05) is 29.1 Å². The molecule has 0 fully saturated rings. The highest BCUT2D eigenvalue weighted by Gasteiger charge is 2.20. The molecule has 41 heavy (non-hydrogen) atoms. The predicted octanol–water partition coefficient (Wildman–Crippen LogP) is 4.91. The SMILES string of the molecule is COc1cc(O)cc(Nc2nc3ccccc3nc2NS(=O)(=O)c2cccc(NC(=O)COc3ccccc3)c2)c1. The Kier molecular flexibility index (Phi) is 7.83. The van der Waals surface area contributed by atoms with E-state index in [1.165, 1.54) is 37.4 Å². The number of methoxy groups -OCH3 is 1. The van der Waals surface area contributed by atoms with Crippen LogP contribution in [0.2, 0.25) is 0 Å². The zero-order valence-electron chi connectivity index (χ0n) is 21.7. The van der Waals surface area contributed by atoms with Gasteiger partial charge in [-0.15, -0.1) is 0 Å². The van der Waals surface area contributed by atoms with Crippen molar-refractivity contribution in [3.05, 3.63) is 97.1 Å². The normalized spacial score (nSPS) is 11.0. The number of carbonyl (C=O) groups excluding carboxylic acids is 1. The number of carbonyl (C=O) groups is 1. The second kappa shape index (κ2) is 11.8. The highest BCUT2D eigenvalue weighted by atomic mass is 32.2. The van der Waals surface area contributed by atoms with E-state index in [1.54, 1.807) is 60.7 Å². The number of amides is 1. The van der Waals surface area contributed by atoms with E-state index in [9.17, 15) is 18.3 Å². The van der Waals surface area contributed by atoms with Gasteiger partial charge in [0.1, 0.15) is 17.2 Å². The molecule has 0 bridgehead atoms. The summed E-state index contributed by atoms with van der Waals surface area (Å²) in [4.78, 5) is 21.3. The number of phenolic OH excluding ortho intramolecular Hbond substituents is 1. The van der Waals surface area contributed by atoms with Gasteiger partial charge in [0.25, 0.3) is 15.9 Å². The molecule has 0 aliphatic carbocycles. The van der Waals surface area contributed by atoms with Crippen LogP contribution < -0.4 is 24.8 Å². The van der Waals surface area contributed by atoms with Crippen LogP contribution in [0.4, 0.5) is 23.0 Å². The summed E-state index contributed by atoms with van der Waals surface area (Å²) in [6, 6.07) is 26.1. The summed E-state index contributed by atoms with van der Waals surface area (Å²) >= 11 is 0. The molecule has 5 rings (SSSR count). The van der Waals surface area contributed by atoms with Gasteiger partial charge >= 0.3 is 0 Å². The van der Waals surface area contributed by atoms with Crippen molar-refractivity contribution in [2.24, 2.45) is 0 Å². The minimum absolute atomic E-state index is 0.0595. The van der Waals surface area contributed by atoms with Crippen molar-refractivity contribution >= 4 is 50.0 Å². The number of rotatable bonds is 10. The summed E-state index contributed by atoms with van der Waals surface area (Å²) in [6.07, 6.45) is 0. The van der Waals surface area contributed by atoms with E-state index in [-0.39, 0.29) is 34.6 Å². The number of benzene rings is 4. The third kappa shape index (κ3) is 6.81. The summed E-state index contributed by atoms with van der Waals surface area (Å²) in [5.74, 6) is 0.435. The molecule has 208 valence electrons.